The normalized spacial score (nSPS) is 18.9. The van der Waals surface area contributed by atoms with Crippen molar-refractivity contribution in [2.75, 3.05) is 18.6 Å². The molecule has 0 aliphatic carbocycles. The lowest BCUT2D eigenvalue weighted by molar-refractivity contribution is -0.137. The number of aromatic nitrogens is 4. The molecule has 9 nitrogen and oxygen atoms in total. The van der Waals surface area contributed by atoms with Crippen LogP contribution in [0.5, 0.6) is 0 Å². The number of anilines is 2. The number of likely N-dealkylation sites (tertiary alicyclic amines) is 1. The number of alkyl halides is 3. The van der Waals surface area contributed by atoms with Crippen LogP contribution < -0.4 is 5.32 Å². The summed E-state index contributed by atoms with van der Waals surface area (Å²) in [6.45, 7) is 3.61. The zero-order chi connectivity index (χ0) is 23.1. The molecule has 1 fully saturated rings. The van der Waals surface area contributed by atoms with E-state index in [1.54, 1.807) is 13.2 Å². The molecule has 1 aliphatic heterocycles. The van der Waals surface area contributed by atoms with Gasteiger partial charge in [-0.2, -0.15) is 18.3 Å². The van der Waals surface area contributed by atoms with Gasteiger partial charge in [0.2, 0.25) is 11.8 Å². The van der Waals surface area contributed by atoms with E-state index in [9.17, 15) is 23.1 Å². The Morgan fingerprint density at radius 3 is 2.62 bits per heavy atom. The van der Waals surface area contributed by atoms with Crippen LogP contribution in [0.2, 0.25) is 0 Å². The van der Waals surface area contributed by atoms with Crippen molar-refractivity contribution in [2.24, 2.45) is 7.05 Å². The minimum atomic E-state index is -4.43. The van der Waals surface area contributed by atoms with Crippen LogP contribution in [0.3, 0.4) is 0 Å². The highest BCUT2D eigenvalue weighted by molar-refractivity contribution is 5.91. The summed E-state index contributed by atoms with van der Waals surface area (Å²) >= 11 is 0. The monoisotopic (exact) mass is 448 g/mol. The molecule has 3 heterocycles. The second-order valence-electron chi connectivity index (χ2n) is 7.31. The highest BCUT2D eigenvalue weighted by Crippen LogP contribution is 2.38. The number of carbonyl (C=O) groups excluding carboxylic acids is 1. The van der Waals surface area contributed by atoms with Crippen molar-refractivity contribution >= 4 is 17.4 Å². The topological polar surface area (TPSA) is 109 Å². The molecule has 0 bridgehead atoms. The van der Waals surface area contributed by atoms with Gasteiger partial charge >= 0.3 is 6.18 Å². The third-order valence-electron chi connectivity index (χ3n) is 5.30. The van der Waals surface area contributed by atoms with Crippen molar-refractivity contribution in [3.8, 4) is 11.5 Å². The number of amides is 1. The lowest BCUT2D eigenvalue weighted by atomic mass is 9.86. The minimum Gasteiger partial charge on any atom is -0.419 e. The van der Waals surface area contributed by atoms with Gasteiger partial charge in [0.15, 0.2) is 5.82 Å². The molecule has 0 radical (unpaired) electrons. The molecule has 1 amide bonds. The molecule has 168 valence electrons. The molecule has 4 rings (SSSR count). The molecule has 1 aliphatic rings. The third kappa shape index (κ3) is 3.62. The summed E-state index contributed by atoms with van der Waals surface area (Å²) in [5.41, 5.74) is -1.23. The van der Waals surface area contributed by atoms with Gasteiger partial charge < -0.3 is 19.7 Å². The van der Waals surface area contributed by atoms with Gasteiger partial charge in [-0.15, -0.1) is 16.8 Å². The van der Waals surface area contributed by atoms with Crippen molar-refractivity contribution < 1.29 is 27.5 Å². The van der Waals surface area contributed by atoms with Crippen molar-refractivity contribution in [1.82, 2.24) is 24.9 Å². The maximum atomic E-state index is 12.8. The van der Waals surface area contributed by atoms with E-state index in [-0.39, 0.29) is 23.5 Å². The lowest BCUT2D eigenvalue weighted by Gasteiger charge is -2.19. The van der Waals surface area contributed by atoms with E-state index in [2.05, 4.69) is 27.2 Å². The average Bonchev–Trinajstić information content (AvgIpc) is 3.45. The largest absolute Gasteiger partial charge is 0.419 e. The predicted octanol–water partition coefficient (Wildman–Crippen LogP) is 2.84. The summed E-state index contributed by atoms with van der Waals surface area (Å²) in [7, 11) is 1.66. The first-order valence-corrected chi connectivity index (χ1v) is 9.54. The van der Waals surface area contributed by atoms with E-state index >= 15 is 0 Å². The van der Waals surface area contributed by atoms with Crippen molar-refractivity contribution in [3.63, 3.8) is 0 Å². The molecule has 2 N–H and O–H groups in total. The first-order valence-electron chi connectivity index (χ1n) is 9.54. The van der Waals surface area contributed by atoms with Crippen LogP contribution in [0.15, 0.2) is 47.5 Å². The molecule has 1 saturated heterocycles. The zero-order valence-electron chi connectivity index (χ0n) is 16.9. The number of aryl methyl sites for hydroxylation is 1. The van der Waals surface area contributed by atoms with Crippen molar-refractivity contribution in [2.45, 2.75) is 18.0 Å². The van der Waals surface area contributed by atoms with E-state index in [0.29, 0.717) is 24.2 Å². The minimum absolute atomic E-state index is 0.0350. The van der Waals surface area contributed by atoms with Crippen LogP contribution >= 0.6 is 0 Å². The van der Waals surface area contributed by atoms with Crippen LogP contribution in [0.25, 0.3) is 11.5 Å². The van der Waals surface area contributed by atoms with E-state index in [4.69, 9.17) is 4.42 Å². The quantitative estimate of drug-likeness (QED) is 0.558. The fourth-order valence-electron chi connectivity index (χ4n) is 3.54. The Labute approximate surface area is 180 Å². The number of nitrogens with one attached hydrogen (secondary N) is 1. The van der Waals surface area contributed by atoms with E-state index in [1.807, 2.05) is 0 Å². The summed E-state index contributed by atoms with van der Waals surface area (Å²) in [6, 6.07) is 4.49. The Kier molecular flexibility index (Phi) is 5.25. The van der Waals surface area contributed by atoms with Gasteiger partial charge in [-0.05, 0) is 30.7 Å². The fraction of sp³-hybridized carbons (Fsp3) is 0.300. The highest BCUT2D eigenvalue weighted by atomic mass is 19.4. The van der Waals surface area contributed by atoms with Gasteiger partial charge in [-0.3, -0.25) is 9.48 Å². The number of aliphatic hydroxyl groups excluding tert-OH is 1. The van der Waals surface area contributed by atoms with Gasteiger partial charge in [-0.1, -0.05) is 6.08 Å². The second-order valence-corrected chi connectivity index (χ2v) is 7.31. The maximum Gasteiger partial charge on any atom is 0.416 e. The number of hydrogen-bond donors (Lipinski definition) is 2. The molecule has 12 heteroatoms. The Morgan fingerprint density at radius 2 is 2.03 bits per heavy atom. The molecule has 3 aromatic rings. The molecule has 32 heavy (non-hydrogen) atoms. The number of nitrogens with zero attached hydrogens (tertiary/aromatic N) is 5. The third-order valence-corrected chi connectivity index (χ3v) is 5.30. The molecule has 0 spiro atoms. The fourth-order valence-corrected chi connectivity index (χ4v) is 3.54. The first kappa shape index (κ1) is 21.6. The number of carbonyl (C=O) groups is 1. The number of benzene rings is 1. The number of aliphatic hydroxyl groups is 1. The number of rotatable bonds is 6. The summed E-state index contributed by atoms with van der Waals surface area (Å²) in [4.78, 5) is 14.0. The highest BCUT2D eigenvalue weighted by Gasteiger charge is 2.50. The van der Waals surface area contributed by atoms with Crippen LogP contribution in [0.1, 0.15) is 17.9 Å². The molecular weight excluding hydrogens is 429 g/mol. The Bertz CT molecular complexity index is 1150. The van der Waals surface area contributed by atoms with Gasteiger partial charge in [0, 0.05) is 25.5 Å². The van der Waals surface area contributed by atoms with Crippen LogP contribution in [-0.2, 0) is 23.4 Å². The molecule has 1 aromatic carbocycles. The molecule has 0 unspecified atom stereocenters. The smallest absolute Gasteiger partial charge is 0.416 e. The maximum absolute atomic E-state index is 12.8. The standard InChI is InChI=1S/C20H19F3N6O3/c1-3-19(8-9-29(11-30)18(19)31)17-26-25-16(32-17)14-10-28(2)27-15(14)24-13-6-4-12(5-7-13)20(21,22)23/h3-7,10,30H,1,8-9,11H2,2H3,(H,24,27)/t19-/m1/s1. The summed E-state index contributed by atoms with van der Waals surface area (Å²) in [6.07, 6.45) is -1.09. The van der Waals surface area contributed by atoms with Crippen LogP contribution in [-0.4, -0.2) is 49.2 Å². The SMILES string of the molecule is C=C[C@]1(c2nnc(-c3cn(C)nc3Nc3ccc(C(F)(F)F)cc3)o2)CCN(CO)C1=O. The lowest BCUT2D eigenvalue weighted by Crippen LogP contribution is -2.37. The van der Waals surface area contributed by atoms with Crippen molar-refractivity contribution in [3.05, 3.63) is 54.6 Å². The zero-order valence-corrected chi connectivity index (χ0v) is 16.9. The number of halogens is 3. The van der Waals surface area contributed by atoms with Gasteiger partial charge in [0.1, 0.15) is 17.7 Å². The van der Waals surface area contributed by atoms with Gasteiger partial charge in [0.25, 0.3) is 5.89 Å². The number of hydrogen-bond acceptors (Lipinski definition) is 7. The van der Waals surface area contributed by atoms with Crippen molar-refractivity contribution in [1.29, 1.82) is 0 Å². The first-order chi connectivity index (χ1) is 15.2. The van der Waals surface area contributed by atoms with Gasteiger partial charge in [-0.25, -0.2) is 0 Å². The Morgan fingerprint density at radius 1 is 1.31 bits per heavy atom. The average molecular weight is 448 g/mol. The summed E-state index contributed by atoms with van der Waals surface area (Å²) < 4.78 is 45.6. The molecule has 1 atom stereocenters. The Balaban J connectivity index is 1.63. The van der Waals surface area contributed by atoms with E-state index in [1.165, 1.54) is 27.8 Å². The van der Waals surface area contributed by atoms with E-state index < -0.39 is 23.9 Å². The predicted molar refractivity (Wildman–Crippen MR) is 107 cm³/mol. The summed E-state index contributed by atoms with van der Waals surface area (Å²) in [5.74, 6) is -0.00361. The molecule has 2 aromatic heterocycles. The van der Waals surface area contributed by atoms with Gasteiger partial charge in [0.05, 0.1) is 5.56 Å². The van der Waals surface area contributed by atoms with Crippen LogP contribution in [0.4, 0.5) is 24.7 Å². The summed E-state index contributed by atoms with van der Waals surface area (Å²) in [5, 5.41) is 24.6. The molecular formula is C20H19F3N6O3. The second kappa shape index (κ2) is 7.79. The van der Waals surface area contributed by atoms with E-state index in [0.717, 1.165) is 12.1 Å². The Hall–Kier alpha value is -3.67. The molecule has 0 saturated carbocycles. The van der Waals surface area contributed by atoms with Crippen LogP contribution in [0, 0.1) is 0 Å².